The zero-order valence-corrected chi connectivity index (χ0v) is 34.4. The number of anilines is 3. The van der Waals surface area contributed by atoms with E-state index in [4.69, 9.17) is 4.42 Å². The Morgan fingerprint density at radius 3 is 1.98 bits per heavy atom. The molecule has 1 aliphatic carbocycles. The van der Waals surface area contributed by atoms with Crippen molar-refractivity contribution < 1.29 is 4.42 Å². The second-order valence-corrected chi connectivity index (χ2v) is 17.3. The first-order valence-corrected chi connectivity index (χ1v) is 21.5. The molecule has 0 atom stereocenters. The van der Waals surface area contributed by atoms with Gasteiger partial charge in [0.1, 0.15) is 11.2 Å². The highest BCUT2D eigenvalue weighted by atomic mass is 16.3. The first kappa shape index (κ1) is 34.9. The van der Waals surface area contributed by atoms with Crippen LogP contribution in [0.15, 0.2) is 211 Å². The normalized spacial score (nSPS) is 13.1. The van der Waals surface area contributed by atoms with Crippen molar-refractivity contribution in [1.29, 1.82) is 0 Å². The van der Waals surface area contributed by atoms with E-state index in [1.165, 1.54) is 65.6 Å². The molecule has 3 nitrogen and oxygen atoms in total. The van der Waals surface area contributed by atoms with Crippen molar-refractivity contribution in [3.63, 3.8) is 0 Å². The maximum Gasteiger partial charge on any atom is 0.136 e. The summed E-state index contributed by atoms with van der Waals surface area (Å²) in [5, 5.41) is 9.56. The van der Waals surface area contributed by atoms with Crippen LogP contribution < -0.4 is 4.90 Å². The van der Waals surface area contributed by atoms with E-state index in [0.717, 1.165) is 55.8 Å². The first-order chi connectivity index (χ1) is 30.5. The predicted octanol–water partition coefficient (Wildman–Crippen LogP) is 16.4. The Labute approximate surface area is 359 Å². The van der Waals surface area contributed by atoms with E-state index < -0.39 is 0 Å². The molecule has 0 unspecified atom stereocenters. The van der Waals surface area contributed by atoms with Crippen LogP contribution in [0.3, 0.4) is 0 Å². The van der Waals surface area contributed by atoms with Crippen molar-refractivity contribution in [3.8, 4) is 27.9 Å². The number of para-hydroxylation sites is 3. The van der Waals surface area contributed by atoms with E-state index in [1.807, 2.05) is 0 Å². The van der Waals surface area contributed by atoms with E-state index >= 15 is 0 Å². The molecule has 0 spiro atoms. The van der Waals surface area contributed by atoms with E-state index in [0.29, 0.717) is 0 Å². The molecule has 2 heterocycles. The Balaban J connectivity index is 1.14. The lowest BCUT2D eigenvalue weighted by Crippen LogP contribution is -2.17. The second-order valence-electron chi connectivity index (χ2n) is 17.3. The maximum atomic E-state index is 6.67. The SMILES string of the molecule is CC1(C)c2ccccc2-c2ccc(N(c3ccc4c(c3)c3ccccc3n4-c3ccccc3)c3ccc4oc5ccccc5c4c3-c3ccc4ccc5ccccc5c4c3)cc21. The Kier molecular flexibility index (Phi) is 7.36. The van der Waals surface area contributed by atoms with Gasteiger partial charge < -0.3 is 13.9 Å². The Hall–Kier alpha value is -7.88. The highest BCUT2D eigenvalue weighted by molar-refractivity contribution is 6.18. The third-order valence-electron chi connectivity index (χ3n) is 13.6. The Bertz CT molecular complexity index is 3790. The van der Waals surface area contributed by atoms with Crippen molar-refractivity contribution in [3.05, 3.63) is 217 Å². The summed E-state index contributed by atoms with van der Waals surface area (Å²) in [4.78, 5) is 2.50. The van der Waals surface area contributed by atoms with Crippen LogP contribution in [0.5, 0.6) is 0 Å². The molecule has 0 saturated heterocycles. The molecule has 12 aromatic rings. The summed E-state index contributed by atoms with van der Waals surface area (Å²) < 4.78 is 9.06. The van der Waals surface area contributed by atoms with Crippen LogP contribution in [0, 0.1) is 0 Å². The first-order valence-electron chi connectivity index (χ1n) is 21.5. The van der Waals surface area contributed by atoms with Crippen molar-refractivity contribution in [1.82, 2.24) is 4.57 Å². The highest BCUT2D eigenvalue weighted by Crippen LogP contribution is 2.53. The summed E-state index contributed by atoms with van der Waals surface area (Å²) >= 11 is 0. The van der Waals surface area contributed by atoms with Crippen molar-refractivity contribution in [2.24, 2.45) is 0 Å². The summed E-state index contributed by atoms with van der Waals surface area (Å²) in [6.45, 7) is 4.73. The minimum atomic E-state index is -0.173. The molecule has 13 rings (SSSR count). The summed E-state index contributed by atoms with van der Waals surface area (Å²) in [6, 6.07) is 75.6. The molecular formula is C59H40N2O. The van der Waals surface area contributed by atoms with Gasteiger partial charge in [-0.3, -0.25) is 0 Å². The highest BCUT2D eigenvalue weighted by Gasteiger charge is 2.36. The molecule has 0 bridgehead atoms. The van der Waals surface area contributed by atoms with Crippen LogP contribution in [-0.4, -0.2) is 4.57 Å². The fourth-order valence-electron chi connectivity index (χ4n) is 10.7. The van der Waals surface area contributed by atoms with Crippen LogP contribution in [0.2, 0.25) is 0 Å². The van der Waals surface area contributed by atoms with Gasteiger partial charge in [-0.05, 0) is 122 Å². The third kappa shape index (κ3) is 5.00. The standard InChI is InChI=1S/C59H40N2O/c1-59(2)50-21-11-8-18-44(50)45-30-28-42(36-51(45)59)60(41-29-31-53-49(35-41)46-19-9-12-22-52(46)61(53)40-15-4-3-5-16-40)54-32-33-56-58(47-20-10-13-23-55(47)62-56)57(54)39-27-26-38-25-24-37-14-6-7-17-43(37)48(38)34-39/h3-36H,1-2H3. The number of hydrogen-bond acceptors (Lipinski definition) is 2. The van der Waals surface area contributed by atoms with Gasteiger partial charge in [-0.15, -0.1) is 0 Å². The Morgan fingerprint density at radius 2 is 1.10 bits per heavy atom. The maximum absolute atomic E-state index is 6.67. The third-order valence-corrected chi connectivity index (χ3v) is 13.6. The van der Waals surface area contributed by atoms with Gasteiger partial charge in [0.15, 0.2) is 0 Å². The van der Waals surface area contributed by atoms with Gasteiger partial charge in [-0.25, -0.2) is 0 Å². The largest absolute Gasteiger partial charge is 0.456 e. The van der Waals surface area contributed by atoms with Crippen molar-refractivity contribution >= 4 is 82.4 Å². The summed E-state index contributed by atoms with van der Waals surface area (Å²) in [7, 11) is 0. The van der Waals surface area contributed by atoms with Gasteiger partial charge >= 0.3 is 0 Å². The number of benzene rings is 10. The monoisotopic (exact) mass is 792 g/mol. The van der Waals surface area contributed by atoms with E-state index in [9.17, 15) is 0 Å². The van der Waals surface area contributed by atoms with Crippen LogP contribution in [0.25, 0.3) is 93.2 Å². The minimum Gasteiger partial charge on any atom is -0.456 e. The summed E-state index contributed by atoms with van der Waals surface area (Å²) in [6.07, 6.45) is 0. The molecule has 0 aliphatic heterocycles. The molecule has 1 aliphatic rings. The van der Waals surface area contributed by atoms with Crippen LogP contribution >= 0.6 is 0 Å². The zero-order chi connectivity index (χ0) is 41.1. The van der Waals surface area contributed by atoms with Gasteiger partial charge in [-0.1, -0.05) is 147 Å². The van der Waals surface area contributed by atoms with E-state index in [2.05, 4.69) is 230 Å². The molecule has 62 heavy (non-hydrogen) atoms. The lowest BCUT2D eigenvalue weighted by Gasteiger charge is -2.30. The van der Waals surface area contributed by atoms with Gasteiger partial charge in [0.25, 0.3) is 0 Å². The predicted molar refractivity (Wildman–Crippen MR) is 261 cm³/mol. The molecule has 292 valence electrons. The Morgan fingerprint density at radius 1 is 0.435 bits per heavy atom. The number of furan rings is 1. The molecular weight excluding hydrogens is 753 g/mol. The molecule has 0 saturated carbocycles. The molecule has 0 radical (unpaired) electrons. The van der Waals surface area contributed by atoms with E-state index in [-0.39, 0.29) is 5.41 Å². The summed E-state index contributed by atoms with van der Waals surface area (Å²) in [5.74, 6) is 0. The number of aromatic nitrogens is 1. The van der Waals surface area contributed by atoms with Crippen LogP contribution in [0.4, 0.5) is 17.1 Å². The minimum absolute atomic E-state index is 0.173. The second kappa shape index (κ2) is 13.1. The number of rotatable bonds is 5. The fourth-order valence-corrected chi connectivity index (χ4v) is 10.7. The number of fused-ring (bicyclic) bond motifs is 12. The average molecular weight is 793 g/mol. The summed E-state index contributed by atoms with van der Waals surface area (Å²) in [5.41, 5.74) is 15.9. The average Bonchev–Trinajstić information content (AvgIpc) is 3.94. The van der Waals surface area contributed by atoms with Gasteiger partial charge in [0.05, 0.1) is 16.7 Å². The molecule has 3 heteroatoms. The fraction of sp³-hybridized carbons (Fsp3) is 0.0508. The lowest BCUT2D eigenvalue weighted by atomic mass is 9.82. The molecule has 2 aromatic heterocycles. The molecule has 10 aromatic carbocycles. The van der Waals surface area contributed by atoms with Crippen molar-refractivity contribution in [2.75, 3.05) is 4.90 Å². The van der Waals surface area contributed by atoms with Crippen LogP contribution in [0.1, 0.15) is 25.0 Å². The van der Waals surface area contributed by atoms with Gasteiger partial charge in [-0.2, -0.15) is 0 Å². The lowest BCUT2D eigenvalue weighted by molar-refractivity contribution is 0.660. The van der Waals surface area contributed by atoms with Gasteiger partial charge in [0, 0.05) is 49.6 Å². The zero-order valence-electron chi connectivity index (χ0n) is 34.4. The topological polar surface area (TPSA) is 21.3 Å². The molecule has 0 amide bonds. The van der Waals surface area contributed by atoms with Gasteiger partial charge in [0.2, 0.25) is 0 Å². The number of nitrogens with zero attached hydrogens (tertiary/aromatic N) is 2. The van der Waals surface area contributed by atoms with Crippen LogP contribution in [-0.2, 0) is 5.41 Å². The number of hydrogen-bond donors (Lipinski definition) is 0. The quantitative estimate of drug-likeness (QED) is 0.162. The van der Waals surface area contributed by atoms with Crippen molar-refractivity contribution in [2.45, 2.75) is 19.3 Å². The molecule has 0 fully saturated rings. The smallest absolute Gasteiger partial charge is 0.136 e. The molecule has 0 N–H and O–H groups in total. The van der Waals surface area contributed by atoms with E-state index in [1.54, 1.807) is 0 Å².